The molecule has 0 atom stereocenters. The molecule has 0 aliphatic carbocycles. The summed E-state index contributed by atoms with van der Waals surface area (Å²) in [4.78, 5) is 20.5. The largest absolute Gasteiger partial charge is 0.490 e. The van der Waals surface area contributed by atoms with Crippen molar-refractivity contribution in [1.82, 2.24) is 0 Å². The second-order valence-electron chi connectivity index (χ2n) is 5.43. The van der Waals surface area contributed by atoms with Crippen molar-refractivity contribution in [2.24, 2.45) is 5.73 Å². The van der Waals surface area contributed by atoms with Crippen LogP contribution < -0.4 is 16.7 Å². The van der Waals surface area contributed by atoms with Crippen molar-refractivity contribution in [2.45, 2.75) is 25.4 Å². The quantitative estimate of drug-likeness (QED) is 0.712. The molecule has 9 heteroatoms. The maximum Gasteiger partial charge on any atom is 0.490 e. The fourth-order valence-electron chi connectivity index (χ4n) is 2.61. The van der Waals surface area contributed by atoms with Gasteiger partial charge in [0.05, 0.1) is 0 Å². The number of fused-ring (bicyclic) bond motifs is 3. The number of nitrogens with one attached hydrogen (secondary N) is 1. The standard InChI is InChI=1S/C14H16N2O2.C2HF3O2/c15-6-5-9-8-13(17)18-14-10(9)3-4-12-11(14)2-1-7-16-12;3-2(4,5)1(6)7/h3-4,8,16H,1-2,5-7,15H2;(H,6,7). The predicted molar refractivity (Wildman–Crippen MR) is 85.7 cm³/mol. The van der Waals surface area contributed by atoms with Crippen molar-refractivity contribution in [3.63, 3.8) is 0 Å². The fraction of sp³-hybridized carbons (Fsp3) is 0.375. The molecule has 0 amide bonds. The molecule has 0 saturated carbocycles. The molecular weight excluding hydrogens is 341 g/mol. The lowest BCUT2D eigenvalue weighted by Gasteiger charge is -2.19. The van der Waals surface area contributed by atoms with Crippen LogP contribution in [0, 0.1) is 0 Å². The third-order valence-corrected chi connectivity index (χ3v) is 3.68. The van der Waals surface area contributed by atoms with Crippen molar-refractivity contribution in [3.05, 3.63) is 39.7 Å². The van der Waals surface area contributed by atoms with Gasteiger partial charge in [0.25, 0.3) is 0 Å². The molecule has 6 nitrogen and oxygen atoms in total. The number of halogens is 3. The Morgan fingerprint density at radius 2 is 2.04 bits per heavy atom. The zero-order chi connectivity index (χ0) is 18.6. The molecule has 3 rings (SSSR count). The molecule has 1 aromatic carbocycles. The van der Waals surface area contributed by atoms with Crippen molar-refractivity contribution in [2.75, 3.05) is 18.4 Å². The van der Waals surface area contributed by atoms with Crippen molar-refractivity contribution < 1.29 is 27.5 Å². The Morgan fingerprint density at radius 3 is 2.64 bits per heavy atom. The van der Waals surface area contributed by atoms with Gasteiger partial charge in [-0.15, -0.1) is 0 Å². The van der Waals surface area contributed by atoms with Crippen LogP contribution in [0.3, 0.4) is 0 Å². The Balaban J connectivity index is 0.000000277. The Bertz CT molecular complexity index is 830. The summed E-state index contributed by atoms with van der Waals surface area (Å²) in [7, 11) is 0. The predicted octanol–water partition coefficient (Wildman–Crippen LogP) is 2.29. The molecule has 0 bridgehead atoms. The lowest BCUT2D eigenvalue weighted by molar-refractivity contribution is -0.192. The monoisotopic (exact) mass is 358 g/mol. The SMILES string of the molecule is NCCc1cc(=O)oc2c3c(ccc12)NCCC3.O=C(O)C(F)(F)F. The first-order chi connectivity index (χ1) is 11.7. The third-order valence-electron chi connectivity index (χ3n) is 3.68. The van der Waals surface area contributed by atoms with Crippen LogP contribution in [0.15, 0.2) is 27.4 Å². The van der Waals surface area contributed by atoms with Gasteiger partial charge < -0.3 is 20.6 Å². The molecule has 1 aliphatic rings. The molecule has 136 valence electrons. The maximum absolute atomic E-state index is 11.6. The molecule has 4 N–H and O–H groups in total. The molecule has 25 heavy (non-hydrogen) atoms. The zero-order valence-corrected chi connectivity index (χ0v) is 13.2. The Labute approximate surface area is 140 Å². The van der Waals surface area contributed by atoms with Crippen LogP contribution in [0.5, 0.6) is 0 Å². The summed E-state index contributed by atoms with van der Waals surface area (Å²) in [6.45, 7) is 1.51. The topological polar surface area (TPSA) is 106 Å². The van der Waals surface area contributed by atoms with Gasteiger partial charge in [-0.3, -0.25) is 0 Å². The van der Waals surface area contributed by atoms with Crippen molar-refractivity contribution in [1.29, 1.82) is 0 Å². The van der Waals surface area contributed by atoms with Gasteiger partial charge in [0, 0.05) is 29.2 Å². The van der Waals surface area contributed by atoms with Gasteiger partial charge in [0.2, 0.25) is 0 Å². The van der Waals surface area contributed by atoms with E-state index in [9.17, 15) is 18.0 Å². The summed E-state index contributed by atoms with van der Waals surface area (Å²) >= 11 is 0. The molecule has 0 saturated heterocycles. The summed E-state index contributed by atoms with van der Waals surface area (Å²) in [5.74, 6) is -2.76. The van der Waals surface area contributed by atoms with Crippen LogP contribution in [-0.2, 0) is 17.6 Å². The minimum atomic E-state index is -5.08. The molecule has 2 heterocycles. The van der Waals surface area contributed by atoms with Gasteiger partial charge in [-0.05, 0) is 43.5 Å². The molecular formula is C16H17F3N2O4. The highest BCUT2D eigenvalue weighted by Gasteiger charge is 2.38. The van der Waals surface area contributed by atoms with Crippen LogP contribution in [0.1, 0.15) is 17.5 Å². The van der Waals surface area contributed by atoms with E-state index in [0.29, 0.717) is 13.0 Å². The first kappa shape index (κ1) is 18.8. The Hall–Kier alpha value is -2.55. The maximum atomic E-state index is 11.6. The summed E-state index contributed by atoms with van der Waals surface area (Å²) in [6.07, 6.45) is -2.36. The van der Waals surface area contributed by atoms with Gasteiger partial charge >= 0.3 is 17.8 Å². The van der Waals surface area contributed by atoms with Crippen LogP contribution in [0.2, 0.25) is 0 Å². The van der Waals surface area contributed by atoms with Crippen LogP contribution >= 0.6 is 0 Å². The molecule has 1 aromatic heterocycles. The van der Waals surface area contributed by atoms with Gasteiger partial charge in [-0.2, -0.15) is 13.2 Å². The molecule has 0 spiro atoms. The second-order valence-corrected chi connectivity index (χ2v) is 5.43. The number of hydrogen-bond donors (Lipinski definition) is 3. The van der Waals surface area contributed by atoms with Gasteiger partial charge in [-0.1, -0.05) is 0 Å². The van der Waals surface area contributed by atoms with Crippen LogP contribution in [0.25, 0.3) is 11.0 Å². The third kappa shape index (κ3) is 4.50. The highest BCUT2D eigenvalue weighted by molar-refractivity contribution is 5.88. The van der Waals surface area contributed by atoms with Crippen LogP contribution in [0.4, 0.5) is 18.9 Å². The van der Waals surface area contributed by atoms with E-state index in [1.54, 1.807) is 6.07 Å². The highest BCUT2D eigenvalue weighted by atomic mass is 19.4. The molecule has 0 radical (unpaired) electrons. The number of rotatable bonds is 2. The van der Waals surface area contributed by atoms with Gasteiger partial charge in [0.15, 0.2) is 0 Å². The van der Waals surface area contributed by atoms with Crippen molar-refractivity contribution in [3.8, 4) is 0 Å². The van der Waals surface area contributed by atoms with E-state index in [0.717, 1.165) is 47.2 Å². The Morgan fingerprint density at radius 1 is 1.36 bits per heavy atom. The number of hydrogen-bond acceptors (Lipinski definition) is 5. The first-order valence-electron chi connectivity index (χ1n) is 7.56. The molecule has 0 unspecified atom stereocenters. The van der Waals surface area contributed by atoms with E-state index in [4.69, 9.17) is 20.1 Å². The first-order valence-corrected chi connectivity index (χ1v) is 7.56. The summed E-state index contributed by atoms with van der Waals surface area (Å²) in [5, 5.41) is 11.5. The number of alkyl halides is 3. The number of carbonyl (C=O) groups is 1. The molecule has 0 fully saturated rings. The zero-order valence-electron chi connectivity index (χ0n) is 13.2. The summed E-state index contributed by atoms with van der Waals surface area (Å²) in [6, 6.07) is 5.63. The van der Waals surface area contributed by atoms with E-state index in [-0.39, 0.29) is 5.63 Å². The average molecular weight is 358 g/mol. The molecule has 2 aromatic rings. The minimum Gasteiger partial charge on any atom is -0.475 e. The average Bonchev–Trinajstić information content (AvgIpc) is 2.54. The highest BCUT2D eigenvalue weighted by Crippen LogP contribution is 2.30. The number of anilines is 1. The summed E-state index contributed by atoms with van der Waals surface area (Å²) in [5.41, 5.74) is 9.23. The number of carboxylic acid groups (broad SMARTS) is 1. The van der Waals surface area contributed by atoms with Crippen molar-refractivity contribution >= 4 is 22.6 Å². The lowest BCUT2D eigenvalue weighted by atomic mass is 9.98. The Kier molecular flexibility index (Phi) is 5.68. The number of nitrogens with two attached hydrogens (primary N) is 1. The number of aryl methyl sites for hydroxylation is 1. The van der Waals surface area contributed by atoms with E-state index in [1.807, 2.05) is 6.07 Å². The van der Waals surface area contributed by atoms with E-state index >= 15 is 0 Å². The number of benzene rings is 1. The van der Waals surface area contributed by atoms with E-state index in [1.165, 1.54) is 0 Å². The second kappa shape index (κ2) is 7.56. The fourth-order valence-corrected chi connectivity index (χ4v) is 2.61. The normalized spacial score (nSPS) is 13.4. The molecule has 1 aliphatic heterocycles. The van der Waals surface area contributed by atoms with Gasteiger partial charge in [0.1, 0.15) is 5.58 Å². The number of aliphatic carboxylic acids is 1. The lowest BCUT2D eigenvalue weighted by Crippen LogP contribution is -2.21. The minimum absolute atomic E-state index is 0.287. The van der Waals surface area contributed by atoms with E-state index < -0.39 is 12.1 Å². The smallest absolute Gasteiger partial charge is 0.475 e. The van der Waals surface area contributed by atoms with Gasteiger partial charge in [-0.25, -0.2) is 9.59 Å². The summed E-state index contributed by atoms with van der Waals surface area (Å²) < 4.78 is 37.1. The van der Waals surface area contributed by atoms with E-state index in [2.05, 4.69) is 11.4 Å². The number of carboxylic acids is 1. The van der Waals surface area contributed by atoms with Crippen LogP contribution in [-0.4, -0.2) is 30.3 Å².